The fraction of sp³-hybridized carbons (Fsp3) is 0.278. The maximum atomic E-state index is 12.1. The van der Waals surface area contributed by atoms with Crippen LogP contribution in [0.15, 0.2) is 48.5 Å². The molecule has 1 amide bonds. The topological polar surface area (TPSA) is 41.1 Å². The van der Waals surface area contributed by atoms with Crippen LogP contribution in [-0.4, -0.2) is 19.0 Å². The first-order valence-electron chi connectivity index (χ1n) is 7.56. The van der Waals surface area contributed by atoms with Crippen molar-refractivity contribution < 1.29 is 4.79 Å². The number of carbonyl (C=O) groups excluding carboxylic acids is 1. The first kappa shape index (κ1) is 15.1. The standard InChI is InChI=1S/C18H19ClN2O/c19-16-5-1-13(2-6-16)11-18(22)21-17-7-3-14(4-8-17)15-9-10-20-12-15/h1-8,15,20H,9-12H2,(H,21,22)/t15-/m1/s1. The number of amides is 1. The third-order valence-corrected chi connectivity index (χ3v) is 4.26. The van der Waals surface area contributed by atoms with E-state index in [2.05, 4.69) is 22.8 Å². The molecule has 1 atom stereocenters. The second-order valence-electron chi connectivity index (χ2n) is 5.66. The molecular formula is C18H19ClN2O. The van der Waals surface area contributed by atoms with Crippen molar-refractivity contribution in [2.24, 2.45) is 0 Å². The van der Waals surface area contributed by atoms with Crippen molar-refractivity contribution in [1.29, 1.82) is 0 Å². The molecule has 0 aromatic heterocycles. The smallest absolute Gasteiger partial charge is 0.228 e. The summed E-state index contributed by atoms with van der Waals surface area (Å²) >= 11 is 5.84. The zero-order valence-corrected chi connectivity index (χ0v) is 13.1. The van der Waals surface area contributed by atoms with E-state index < -0.39 is 0 Å². The van der Waals surface area contributed by atoms with Crippen molar-refractivity contribution in [3.8, 4) is 0 Å². The Labute approximate surface area is 135 Å². The van der Waals surface area contributed by atoms with Gasteiger partial charge in [0.15, 0.2) is 0 Å². The van der Waals surface area contributed by atoms with E-state index in [0.717, 1.165) is 24.3 Å². The summed E-state index contributed by atoms with van der Waals surface area (Å²) < 4.78 is 0. The summed E-state index contributed by atoms with van der Waals surface area (Å²) in [6, 6.07) is 15.5. The minimum Gasteiger partial charge on any atom is -0.326 e. The highest BCUT2D eigenvalue weighted by atomic mass is 35.5. The molecule has 0 bridgehead atoms. The van der Waals surface area contributed by atoms with E-state index in [0.29, 0.717) is 17.4 Å². The van der Waals surface area contributed by atoms with E-state index in [1.165, 1.54) is 12.0 Å². The van der Waals surface area contributed by atoms with Crippen molar-refractivity contribution in [2.45, 2.75) is 18.8 Å². The van der Waals surface area contributed by atoms with Gasteiger partial charge in [0.1, 0.15) is 0 Å². The third-order valence-electron chi connectivity index (χ3n) is 4.00. The van der Waals surface area contributed by atoms with Crippen LogP contribution in [0.3, 0.4) is 0 Å². The van der Waals surface area contributed by atoms with Crippen LogP contribution in [0.1, 0.15) is 23.5 Å². The van der Waals surface area contributed by atoms with Crippen molar-refractivity contribution in [3.63, 3.8) is 0 Å². The fourth-order valence-electron chi connectivity index (χ4n) is 2.77. The van der Waals surface area contributed by atoms with Crippen molar-refractivity contribution in [2.75, 3.05) is 18.4 Å². The third kappa shape index (κ3) is 3.87. The normalized spacial score (nSPS) is 17.4. The zero-order valence-electron chi connectivity index (χ0n) is 12.3. The molecule has 0 radical (unpaired) electrons. The quantitative estimate of drug-likeness (QED) is 0.905. The zero-order chi connectivity index (χ0) is 15.4. The van der Waals surface area contributed by atoms with Crippen molar-refractivity contribution in [3.05, 3.63) is 64.7 Å². The van der Waals surface area contributed by atoms with E-state index in [4.69, 9.17) is 11.6 Å². The van der Waals surface area contributed by atoms with Gasteiger partial charge in [-0.05, 0) is 54.3 Å². The number of halogens is 1. The molecule has 2 aromatic rings. The molecular weight excluding hydrogens is 296 g/mol. The van der Waals surface area contributed by atoms with Crippen LogP contribution < -0.4 is 10.6 Å². The Bertz CT molecular complexity index is 631. The second kappa shape index (κ2) is 6.95. The predicted octanol–water partition coefficient (Wildman–Crippen LogP) is 3.60. The molecule has 2 aromatic carbocycles. The summed E-state index contributed by atoms with van der Waals surface area (Å²) in [7, 11) is 0. The van der Waals surface area contributed by atoms with E-state index in [1.54, 1.807) is 12.1 Å². The molecule has 0 unspecified atom stereocenters. The Morgan fingerprint density at radius 1 is 1.14 bits per heavy atom. The van der Waals surface area contributed by atoms with Crippen LogP contribution in [0.2, 0.25) is 5.02 Å². The van der Waals surface area contributed by atoms with Crippen molar-refractivity contribution >= 4 is 23.2 Å². The summed E-state index contributed by atoms with van der Waals surface area (Å²) in [4.78, 5) is 12.1. The second-order valence-corrected chi connectivity index (χ2v) is 6.10. The lowest BCUT2D eigenvalue weighted by Gasteiger charge is -2.10. The summed E-state index contributed by atoms with van der Waals surface area (Å²) in [5.41, 5.74) is 3.13. The summed E-state index contributed by atoms with van der Waals surface area (Å²) in [5, 5.41) is 6.99. The van der Waals surface area contributed by atoms with Crippen LogP contribution in [0, 0.1) is 0 Å². The first-order chi connectivity index (χ1) is 10.7. The van der Waals surface area contributed by atoms with Gasteiger partial charge in [0.25, 0.3) is 0 Å². The molecule has 3 rings (SSSR count). The highest BCUT2D eigenvalue weighted by molar-refractivity contribution is 6.30. The lowest BCUT2D eigenvalue weighted by Crippen LogP contribution is -2.14. The number of anilines is 1. The maximum Gasteiger partial charge on any atom is 0.228 e. The molecule has 114 valence electrons. The summed E-state index contributed by atoms with van der Waals surface area (Å²) in [6.45, 7) is 2.13. The molecule has 3 nitrogen and oxygen atoms in total. The van der Waals surface area contributed by atoms with Gasteiger partial charge in [0.2, 0.25) is 5.91 Å². The molecule has 1 heterocycles. The number of rotatable bonds is 4. The van der Waals surface area contributed by atoms with Crippen LogP contribution in [0.4, 0.5) is 5.69 Å². The molecule has 22 heavy (non-hydrogen) atoms. The van der Waals surface area contributed by atoms with Gasteiger partial charge in [-0.1, -0.05) is 35.9 Å². The fourth-order valence-corrected chi connectivity index (χ4v) is 2.90. The predicted molar refractivity (Wildman–Crippen MR) is 90.5 cm³/mol. The average Bonchev–Trinajstić information content (AvgIpc) is 3.05. The van der Waals surface area contributed by atoms with E-state index in [1.807, 2.05) is 24.3 Å². The van der Waals surface area contributed by atoms with Gasteiger partial charge in [-0.3, -0.25) is 4.79 Å². The average molecular weight is 315 g/mol. The molecule has 2 N–H and O–H groups in total. The lowest BCUT2D eigenvalue weighted by atomic mass is 9.98. The number of carbonyl (C=O) groups is 1. The Kier molecular flexibility index (Phi) is 4.76. The van der Waals surface area contributed by atoms with Gasteiger partial charge in [0, 0.05) is 17.3 Å². The van der Waals surface area contributed by atoms with E-state index in [9.17, 15) is 4.79 Å². The van der Waals surface area contributed by atoms with E-state index in [-0.39, 0.29) is 5.91 Å². The molecule has 0 saturated carbocycles. The van der Waals surface area contributed by atoms with Crippen LogP contribution in [0.25, 0.3) is 0 Å². The summed E-state index contributed by atoms with van der Waals surface area (Å²) in [6.07, 6.45) is 1.54. The lowest BCUT2D eigenvalue weighted by molar-refractivity contribution is -0.115. The van der Waals surface area contributed by atoms with Crippen LogP contribution in [-0.2, 0) is 11.2 Å². The Balaban J connectivity index is 1.57. The molecule has 1 aliphatic rings. The maximum absolute atomic E-state index is 12.1. The van der Waals surface area contributed by atoms with Gasteiger partial charge in [-0.25, -0.2) is 0 Å². The highest BCUT2D eigenvalue weighted by Crippen LogP contribution is 2.23. The molecule has 1 saturated heterocycles. The summed E-state index contributed by atoms with van der Waals surface area (Å²) in [5.74, 6) is 0.580. The molecule has 0 aliphatic carbocycles. The number of benzene rings is 2. The number of nitrogens with one attached hydrogen (secondary N) is 2. The molecule has 1 fully saturated rings. The highest BCUT2D eigenvalue weighted by Gasteiger charge is 2.16. The van der Waals surface area contributed by atoms with Gasteiger partial charge >= 0.3 is 0 Å². The Morgan fingerprint density at radius 2 is 1.86 bits per heavy atom. The van der Waals surface area contributed by atoms with Gasteiger partial charge < -0.3 is 10.6 Å². The van der Waals surface area contributed by atoms with Gasteiger partial charge in [0.05, 0.1) is 6.42 Å². The largest absolute Gasteiger partial charge is 0.326 e. The molecule has 0 spiro atoms. The van der Waals surface area contributed by atoms with Gasteiger partial charge in [-0.2, -0.15) is 0 Å². The Morgan fingerprint density at radius 3 is 2.50 bits per heavy atom. The molecule has 4 heteroatoms. The Hall–Kier alpha value is -1.84. The minimum absolute atomic E-state index is 0.0161. The van der Waals surface area contributed by atoms with Crippen LogP contribution in [0.5, 0.6) is 0 Å². The SMILES string of the molecule is O=C(Cc1ccc(Cl)cc1)Nc1ccc([C@@H]2CCNC2)cc1. The first-order valence-corrected chi connectivity index (χ1v) is 7.93. The number of hydrogen-bond acceptors (Lipinski definition) is 2. The van der Waals surface area contributed by atoms with Gasteiger partial charge in [-0.15, -0.1) is 0 Å². The van der Waals surface area contributed by atoms with Crippen LogP contribution >= 0.6 is 11.6 Å². The number of hydrogen-bond donors (Lipinski definition) is 2. The van der Waals surface area contributed by atoms with E-state index >= 15 is 0 Å². The molecule has 1 aliphatic heterocycles. The van der Waals surface area contributed by atoms with Crippen molar-refractivity contribution in [1.82, 2.24) is 5.32 Å². The minimum atomic E-state index is -0.0161. The monoisotopic (exact) mass is 314 g/mol.